The second-order valence-corrected chi connectivity index (χ2v) is 5.95. The lowest BCUT2D eigenvalue weighted by Gasteiger charge is -2.11. The van der Waals surface area contributed by atoms with Crippen LogP contribution in [0.25, 0.3) is 0 Å². The lowest BCUT2D eigenvalue weighted by atomic mass is 10.2. The van der Waals surface area contributed by atoms with Gasteiger partial charge in [0.15, 0.2) is 0 Å². The molecule has 8 heteroatoms. The summed E-state index contributed by atoms with van der Waals surface area (Å²) in [5.74, 6) is -0.605. The number of nitrogens with zero attached hydrogens (tertiary/aromatic N) is 2. The van der Waals surface area contributed by atoms with Gasteiger partial charge in [-0.3, -0.25) is 14.9 Å². The topological polar surface area (TPSA) is 117 Å². The lowest BCUT2D eigenvalue weighted by molar-refractivity contribution is -0.385. The van der Waals surface area contributed by atoms with Crippen molar-refractivity contribution in [3.8, 4) is 11.5 Å². The van der Waals surface area contributed by atoms with Crippen LogP contribution in [0.15, 0.2) is 77.9 Å². The average Bonchev–Trinajstić information content (AvgIpc) is 2.74. The number of nitrogens with one attached hydrogen (secondary N) is 1. The number of nitro groups is 1. The molecular weight excluding hydrogens is 374 g/mol. The summed E-state index contributed by atoms with van der Waals surface area (Å²) in [6.45, 7) is 0.293. The first-order valence-electron chi connectivity index (χ1n) is 8.59. The summed E-state index contributed by atoms with van der Waals surface area (Å²) in [4.78, 5) is 22.6. The second kappa shape index (κ2) is 9.14. The number of para-hydroxylation sites is 1. The van der Waals surface area contributed by atoms with Crippen LogP contribution in [0.2, 0.25) is 0 Å². The molecule has 0 aliphatic heterocycles. The van der Waals surface area contributed by atoms with E-state index in [2.05, 4.69) is 10.5 Å². The van der Waals surface area contributed by atoms with Gasteiger partial charge in [-0.1, -0.05) is 54.3 Å². The fourth-order valence-corrected chi connectivity index (χ4v) is 2.49. The zero-order chi connectivity index (χ0) is 20.6. The van der Waals surface area contributed by atoms with Gasteiger partial charge >= 0.3 is 0 Å². The number of carbonyl (C=O) groups excluding carboxylic acids is 1. The summed E-state index contributed by atoms with van der Waals surface area (Å²) in [5, 5.41) is 26.3. The van der Waals surface area contributed by atoms with Crippen LogP contribution in [0, 0.1) is 10.1 Å². The lowest BCUT2D eigenvalue weighted by Crippen LogP contribution is -2.18. The monoisotopic (exact) mass is 390 g/mol. The van der Waals surface area contributed by atoms with Crippen LogP contribution in [-0.2, 0) is 6.61 Å². The molecule has 0 saturated carbocycles. The van der Waals surface area contributed by atoms with E-state index in [1.165, 1.54) is 0 Å². The Balaban J connectivity index is 1.69. The minimum Gasteiger partial charge on any atom is -0.872 e. The highest BCUT2D eigenvalue weighted by atomic mass is 16.6. The van der Waals surface area contributed by atoms with Crippen molar-refractivity contribution in [1.82, 2.24) is 5.43 Å². The molecule has 8 nitrogen and oxygen atoms in total. The summed E-state index contributed by atoms with van der Waals surface area (Å²) >= 11 is 0. The summed E-state index contributed by atoms with van der Waals surface area (Å²) in [6.07, 6.45) is 1.07. The molecule has 0 spiro atoms. The zero-order valence-corrected chi connectivity index (χ0v) is 15.1. The van der Waals surface area contributed by atoms with Crippen LogP contribution in [-0.4, -0.2) is 17.0 Å². The van der Waals surface area contributed by atoms with Gasteiger partial charge in [0.1, 0.15) is 12.4 Å². The molecule has 0 fully saturated rings. The van der Waals surface area contributed by atoms with E-state index in [9.17, 15) is 20.0 Å². The Labute approximate surface area is 166 Å². The number of amides is 1. The third-order valence-electron chi connectivity index (χ3n) is 3.94. The van der Waals surface area contributed by atoms with Crippen molar-refractivity contribution in [2.45, 2.75) is 6.61 Å². The van der Waals surface area contributed by atoms with Crippen LogP contribution >= 0.6 is 0 Å². The Kier molecular flexibility index (Phi) is 6.16. The number of carbonyl (C=O) groups is 1. The SMILES string of the molecule is O=C(N/N=C\c1cc([N+](=O)[O-])ccc1[O-])c1ccccc1OCc1ccccc1. The van der Waals surface area contributed by atoms with Crippen molar-refractivity contribution in [3.05, 3.63) is 99.6 Å². The maximum Gasteiger partial charge on any atom is 0.275 e. The minimum absolute atomic E-state index is 0.00638. The van der Waals surface area contributed by atoms with Crippen LogP contribution in [0.3, 0.4) is 0 Å². The predicted molar refractivity (Wildman–Crippen MR) is 105 cm³/mol. The van der Waals surface area contributed by atoms with Crippen LogP contribution in [0.1, 0.15) is 21.5 Å². The Bertz CT molecular complexity index is 1050. The Morgan fingerprint density at radius 3 is 2.55 bits per heavy atom. The molecule has 29 heavy (non-hydrogen) atoms. The Morgan fingerprint density at radius 1 is 1.07 bits per heavy atom. The first-order chi connectivity index (χ1) is 14.0. The summed E-state index contributed by atoms with van der Waals surface area (Å²) in [6, 6.07) is 19.5. The highest BCUT2D eigenvalue weighted by molar-refractivity contribution is 5.97. The molecule has 0 radical (unpaired) electrons. The minimum atomic E-state index is -0.615. The van der Waals surface area contributed by atoms with Crippen molar-refractivity contribution in [3.63, 3.8) is 0 Å². The number of ether oxygens (including phenoxy) is 1. The highest BCUT2D eigenvalue weighted by Gasteiger charge is 2.12. The third-order valence-corrected chi connectivity index (χ3v) is 3.94. The van der Waals surface area contributed by atoms with Gasteiger partial charge in [-0.25, -0.2) is 5.43 Å². The number of hydrazone groups is 1. The third kappa shape index (κ3) is 5.16. The van der Waals surface area contributed by atoms with E-state index in [4.69, 9.17) is 4.74 Å². The molecule has 0 saturated heterocycles. The summed E-state index contributed by atoms with van der Waals surface area (Å²) < 4.78 is 5.73. The molecule has 0 atom stereocenters. The molecule has 3 aromatic carbocycles. The first-order valence-corrected chi connectivity index (χ1v) is 8.59. The number of benzene rings is 3. The average molecular weight is 390 g/mol. The number of hydrogen-bond donors (Lipinski definition) is 1. The molecule has 0 bridgehead atoms. The van der Waals surface area contributed by atoms with Gasteiger partial charge in [0.2, 0.25) is 0 Å². The normalized spacial score (nSPS) is 10.6. The predicted octanol–water partition coefficient (Wildman–Crippen LogP) is 3.01. The van der Waals surface area contributed by atoms with Crippen molar-refractivity contribution in [2.24, 2.45) is 5.10 Å². The molecule has 3 rings (SSSR count). The van der Waals surface area contributed by atoms with Gasteiger partial charge in [-0.15, -0.1) is 0 Å². The molecule has 146 valence electrons. The largest absolute Gasteiger partial charge is 0.872 e. The van der Waals surface area contributed by atoms with E-state index in [0.717, 1.165) is 30.0 Å². The number of rotatable bonds is 7. The van der Waals surface area contributed by atoms with Crippen molar-refractivity contribution in [1.29, 1.82) is 0 Å². The van der Waals surface area contributed by atoms with Crippen LogP contribution < -0.4 is 15.3 Å². The van der Waals surface area contributed by atoms with E-state index in [0.29, 0.717) is 12.4 Å². The van der Waals surface area contributed by atoms with Crippen LogP contribution in [0.5, 0.6) is 11.5 Å². The molecule has 0 aliphatic rings. The van der Waals surface area contributed by atoms with E-state index in [-0.39, 0.29) is 16.8 Å². The van der Waals surface area contributed by atoms with E-state index in [1.54, 1.807) is 24.3 Å². The maximum atomic E-state index is 12.4. The van der Waals surface area contributed by atoms with Gasteiger partial charge in [0.05, 0.1) is 16.7 Å². The van der Waals surface area contributed by atoms with Gasteiger partial charge in [-0.2, -0.15) is 5.10 Å². The first kappa shape index (κ1) is 19.6. The number of non-ortho nitro benzene ring substituents is 1. The van der Waals surface area contributed by atoms with E-state index < -0.39 is 16.6 Å². The molecule has 0 aliphatic carbocycles. The maximum absolute atomic E-state index is 12.4. The van der Waals surface area contributed by atoms with Gasteiger partial charge in [-0.05, 0) is 23.3 Å². The standard InChI is InChI=1S/C21H17N3O5/c25-19-11-10-17(24(27)28)12-16(19)13-22-23-21(26)18-8-4-5-9-20(18)29-14-15-6-2-1-3-7-15/h1-13,25H,14H2,(H,23,26)/p-1/b22-13-. The summed E-state index contributed by atoms with van der Waals surface area (Å²) in [5.41, 5.74) is 3.28. The van der Waals surface area contributed by atoms with E-state index >= 15 is 0 Å². The molecule has 0 unspecified atom stereocenters. The highest BCUT2D eigenvalue weighted by Crippen LogP contribution is 2.20. The van der Waals surface area contributed by atoms with Crippen LogP contribution in [0.4, 0.5) is 5.69 Å². The van der Waals surface area contributed by atoms with E-state index in [1.807, 2.05) is 30.3 Å². The van der Waals surface area contributed by atoms with Gasteiger partial charge in [0, 0.05) is 12.1 Å². The molecular formula is C21H16N3O5-. The van der Waals surface area contributed by atoms with Gasteiger partial charge < -0.3 is 9.84 Å². The Hall–Kier alpha value is -4.20. The molecule has 0 heterocycles. The number of nitro benzene ring substituents is 1. The summed E-state index contributed by atoms with van der Waals surface area (Å²) in [7, 11) is 0. The number of hydrogen-bond acceptors (Lipinski definition) is 6. The quantitative estimate of drug-likeness (QED) is 0.378. The zero-order valence-electron chi connectivity index (χ0n) is 15.1. The smallest absolute Gasteiger partial charge is 0.275 e. The molecule has 3 aromatic rings. The fraction of sp³-hybridized carbons (Fsp3) is 0.0476. The molecule has 1 N–H and O–H groups in total. The molecule has 1 amide bonds. The van der Waals surface area contributed by atoms with Crippen molar-refractivity contribution in [2.75, 3.05) is 0 Å². The van der Waals surface area contributed by atoms with Gasteiger partial charge in [0.25, 0.3) is 11.6 Å². The van der Waals surface area contributed by atoms with Crippen molar-refractivity contribution < 1.29 is 19.6 Å². The Morgan fingerprint density at radius 2 is 1.79 bits per heavy atom. The van der Waals surface area contributed by atoms with Crippen molar-refractivity contribution >= 4 is 17.8 Å². The molecule has 0 aromatic heterocycles. The second-order valence-electron chi connectivity index (χ2n) is 5.95. The fourth-order valence-electron chi connectivity index (χ4n) is 2.49.